The van der Waals surface area contributed by atoms with Gasteiger partial charge in [-0.2, -0.15) is 8.42 Å². The molecule has 0 fully saturated rings. The monoisotopic (exact) mass is 268 g/mol. The van der Waals surface area contributed by atoms with Gasteiger partial charge in [-0.1, -0.05) is 19.1 Å². The maximum Gasteiger partial charge on any atom is 0.264 e. The van der Waals surface area contributed by atoms with E-state index in [1.165, 1.54) is 0 Å². The topological polar surface area (TPSA) is 83.1 Å². The van der Waals surface area contributed by atoms with Gasteiger partial charge in [0.1, 0.15) is 5.82 Å². The van der Waals surface area contributed by atoms with Crippen molar-refractivity contribution in [1.82, 2.24) is 9.97 Å². The van der Waals surface area contributed by atoms with E-state index in [2.05, 4.69) is 9.97 Å². The second-order valence-corrected chi connectivity index (χ2v) is 5.89. The zero-order chi connectivity index (χ0) is 13.2. The fourth-order valence-corrected chi connectivity index (χ4v) is 2.57. The minimum atomic E-state index is -3.91. The zero-order valence-electron chi connectivity index (χ0n) is 10.1. The van der Waals surface area contributed by atoms with Gasteiger partial charge in [-0.25, -0.2) is 4.98 Å². The lowest BCUT2D eigenvalue weighted by atomic mass is 10.0. The SMILES string of the molecule is CCC(CCS(=O)(=O)O)c1nc2ccccc2[nH]1. The molecule has 0 saturated carbocycles. The van der Waals surface area contributed by atoms with E-state index >= 15 is 0 Å². The highest BCUT2D eigenvalue weighted by molar-refractivity contribution is 7.85. The van der Waals surface area contributed by atoms with E-state index in [4.69, 9.17) is 4.55 Å². The first-order chi connectivity index (χ1) is 8.49. The highest BCUT2D eigenvalue weighted by Crippen LogP contribution is 2.23. The predicted octanol–water partition coefficient (Wildman–Crippen LogP) is 2.33. The molecule has 0 spiro atoms. The lowest BCUT2D eigenvalue weighted by Gasteiger charge is -2.10. The summed E-state index contributed by atoms with van der Waals surface area (Å²) < 4.78 is 30.4. The molecule has 6 heteroatoms. The van der Waals surface area contributed by atoms with E-state index < -0.39 is 10.1 Å². The van der Waals surface area contributed by atoms with Gasteiger partial charge in [0.25, 0.3) is 10.1 Å². The number of hydrogen-bond donors (Lipinski definition) is 2. The summed E-state index contributed by atoms with van der Waals surface area (Å²) >= 11 is 0. The summed E-state index contributed by atoms with van der Waals surface area (Å²) in [5.74, 6) is 0.560. The Labute approximate surface area is 106 Å². The van der Waals surface area contributed by atoms with Gasteiger partial charge in [0, 0.05) is 5.92 Å². The molecule has 98 valence electrons. The number of nitrogens with zero attached hydrogens (tertiary/aromatic N) is 1. The van der Waals surface area contributed by atoms with Crippen LogP contribution in [0.5, 0.6) is 0 Å². The Balaban J connectivity index is 2.21. The van der Waals surface area contributed by atoms with Crippen molar-refractivity contribution in [2.45, 2.75) is 25.7 Å². The first kappa shape index (κ1) is 13.0. The van der Waals surface area contributed by atoms with E-state index in [1.54, 1.807) is 0 Å². The Morgan fingerprint density at radius 2 is 2.11 bits per heavy atom. The molecule has 0 aliphatic heterocycles. The molecule has 2 N–H and O–H groups in total. The van der Waals surface area contributed by atoms with Gasteiger partial charge >= 0.3 is 0 Å². The standard InChI is InChI=1S/C12H16N2O3S/c1-2-9(7-8-18(15,16)17)12-13-10-5-3-4-6-11(10)14-12/h3-6,9H,2,7-8H2,1H3,(H,13,14)(H,15,16,17). The third-order valence-corrected chi connectivity index (χ3v) is 3.76. The molecule has 1 unspecified atom stereocenters. The summed E-state index contributed by atoms with van der Waals surface area (Å²) in [7, 11) is -3.91. The van der Waals surface area contributed by atoms with Gasteiger partial charge in [-0.15, -0.1) is 0 Å². The molecule has 0 aliphatic carbocycles. The van der Waals surface area contributed by atoms with Gasteiger partial charge in [-0.3, -0.25) is 4.55 Å². The van der Waals surface area contributed by atoms with Crippen LogP contribution in [0.3, 0.4) is 0 Å². The Morgan fingerprint density at radius 3 is 2.72 bits per heavy atom. The van der Waals surface area contributed by atoms with Crippen LogP contribution in [-0.4, -0.2) is 28.7 Å². The number of rotatable bonds is 5. The van der Waals surface area contributed by atoms with Crippen molar-refractivity contribution >= 4 is 21.2 Å². The van der Waals surface area contributed by atoms with E-state index in [-0.39, 0.29) is 11.7 Å². The Bertz CT molecular complexity index is 601. The molecular formula is C12H16N2O3S. The fourth-order valence-electron chi connectivity index (χ4n) is 1.99. The number of hydrogen-bond acceptors (Lipinski definition) is 3. The number of aromatic nitrogens is 2. The molecule has 18 heavy (non-hydrogen) atoms. The number of benzene rings is 1. The molecule has 2 rings (SSSR count). The minimum Gasteiger partial charge on any atom is -0.342 e. The van der Waals surface area contributed by atoms with Gasteiger partial charge in [0.15, 0.2) is 0 Å². The highest BCUT2D eigenvalue weighted by atomic mass is 32.2. The van der Waals surface area contributed by atoms with Crippen LogP contribution < -0.4 is 0 Å². The van der Waals surface area contributed by atoms with E-state index in [0.29, 0.717) is 6.42 Å². The lowest BCUT2D eigenvalue weighted by molar-refractivity contribution is 0.475. The van der Waals surface area contributed by atoms with Crippen LogP contribution in [0, 0.1) is 0 Å². The summed E-state index contributed by atoms with van der Waals surface area (Å²) in [5, 5.41) is 0. The summed E-state index contributed by atoms with van der Waals surface area (Å²) in [6.45, 7) is 1.97. The van der Waals surface area contributed by atoms with Gasteiger partial charge in [-0.05, 0) is 25.0 Å². The smallest absolute Gasteiger partial charge is 0.264 e. The van der Waals surface area contributed by atoms with Crippen LogP contribution in [-0.2, 0) is 10.1 Å². The maximum absolute atomic E-state index is 10.8. The average Bonchev–Trinajstić information content (AvgIpc) is 2.71. The average molecular weight is 268 g/mol. The summed E-state index contributed by atoms with van der Waals surface area (Å²) in [4.78, 5) is 7.65. The van der Waals surface area contributed by atoms with E-state index in [9.17, 15) is 8.42 Å². The number of nitrogens with one attached hydrogen (secondary N) is 1. The summed E-state index contributed by atoms with van der Waals surface area (Å²) in [6.07, 6.45) is 1.14. The Hall–Kier alpha value is -1.40. The molecule has 0 amide bonds. The number of H-pyrrole nitrogens is 1. The van der Waals surface area contributed by atoms with Gasteiger partial charge in [0.2, 0.25) is 0 Å². The number of para-hydroxylation sites is 2. The Morgan fingerprint density at radius 1 is 1.39 bits per heavy atom. The van der Waals surface area contributed by atoms with Crippen LogP contribution in [0.4, 0.5) is 0 Å². The number of aromatic amines is 1. The molecule has 0 bridgehead atoms. The second-order valence-electron chi connectivity index (χ2n) is 4.32. The molecule has 1 atom stereocenters. The molecule has 1 heterocycles. The van der Waals surface area contributed by atoms with Crippen molar-refractivity contribution in [3.8, 4) is 0 Å². The second kappa shape index (κ2) is 5.07. The highest BCUT2D eigenvalue weighted by Gasteiger charge is 2.17. The molecule has 2 aromatic rings. The van der Waals surface area contributed by atoms with Crippen molar-refractivity contribution < 1.29 is 13.0 Å². The summed E-state index contributed by atoms with van der Waals surface area (Å²) in [6, 6.07) is 7.67. The van der Waals surface area contributed by atoms with Crippen molar-refractivity contribution in [2.24, 2.45) is 0 Å². The maximum atomic E-state index is 10.8. The summed E-state index contributed by atoms with van der Waals surface area (Å²) in [5.41, 5.74) is 1.82. The predicted molar refractivity (Wildman–Crippen MR) is 70.2 cm³/mol. The Kier molecular flexibility index (Phi) is 3.68. The third kappa shape index (κ3) is 3.08. The molecule has 1 aromatic carbocycles. The minimum absolute atomic E-state index is 0.0133. The number of imidazole rings is 1. The fraction of sp³-hybridized carbons (Fsp3) is 0.417. The van der Waals surface area contributed by atoms with Crippen LogP contribution in [0.15, 0.2) is 24.3 Å². The van der Waals surface area contributed by atoms with Crippen LogP contribution in [0.1, 0.15) is 31.5 Å². The van der Waals surface area contributed by atoms with Crippen LogP contribution in [0.2, 0.25) is 0 Å². The molecular weight excluding hydrogens is 252 g/mol. The van der Waals surface area contributed by atoms with Crippen LogP contribution in [0.25, 0.3) is 11.0 Å². The zero-order valence-corrected chi connectivity index (χ0v) is 10.9. The molecule has 0 aliphatic rings. The van der Waals surface area contributed by atoms with E-state index in [1.807, 2.05) is 31.2 Å². The first-order valence-corrected chi connectivity index (χ1v) is 7.50. The normalized spacial score (nSPS) is 13.9. The lowest BCUT2D eigenvalue weighted by Crippen LogP contribution is -2.09. The largest absolute Gasteiger partial charge is 0.342 e. The van der Waals surface area contributed by atoms with Gasteiger partial charge < -0.3 is 4.98 Å². The quantitative estimate of drug-likeness (QED) is 0.815. The molecule has 0 saturated heterocycles. The van der Waals surface area contributed by atoms with E-state index in [0.717, 1.165) is 23.3 Å². The first-order valence-electron chi connectivity index (χ1n) is 5.89. The molecule has 1 aromatic heterocycles. The van der Waals surface area contributed by atoms with Gasteiger partial charge in [0.05, 0.1) is 16.8 Å². The molecule has 0 radical (unpaired) electrons. The van der Waals surface area contributed by atoms with Crippen LogP contribution >= 0.6 is 0 Å². The number of fused-ring (bicyclic) bond motifs is 1. The van der Waals surface area contributed by atoms with Crippen molar-refractivity contribution in [3.05, 3.63) is 30.1 Å². The third-order valence-electron chi connectivity index (χ3n) is 3.01. The van der Waals surface area contributed by atoms with Crippen molar-refractivity contribution in [1.29, 1.82) is 0 Å². The molecule has 5 nitrogen and oxygen atoms in total. The van der Waals surface area contributed by atoms with Crippen molar-refractivity contribution in [3.63, 3.8) is 0 Å². The van der Waals surface area contributed by atoms with Crippen molar-refractivity contribution in [2.75, 3.05) is 5.75 Å².